The van der Waals surface area contributed by atoms with E-state index in [1.54, 1.807) is 0 Å². The molecule has 0 aliphatic carbocycles. The normalized spacial score (nSPS) is 12.0. The summed E-state index contributed by atoms with van der Waals surface area (Å²) in [5.41, 5.74) is 0.239. The van der Waals surface area contributed by atoms with Crippen molar-refractivity contribution in [1.82, 2.24) is 14.8 Å². The molecule has 0 radical (unpaired) electrons. The molecule has 0 spiro atoms. The van der Waals surface area contributed by atoms with Crippen molar-refractivity contribution < 1.29 is 50.8 Å². The Morgan fingerprint density at radius 2 is 1.67 bits per heavy atom. The molecule has 15 heteroatoms. The van der Waals surface area contributed by atoms with E-state index in [0.717, 1.165) is 19.2 Å². The fraction of sp³-hybridized carbons (Fsp3) is 0.167. The molecule has 2 aromatic carbocycles. The van der Waals surface area contributed by atoms with Gasteiger partial charge in [0.25, 0.3) is 0 Å². The van der Waals surface area contributed by atoms with Gasteiger partial charge in [-0.3, -0.25) is 0 Å². The second-order valence-electron chi connectivity index (χ2n) is 6.33. The second kappa shape index (κ2) is 8.07. The van der Waals surface area contributed by atoms with Crippen molar-refractivity contribution in [3.63, 3.8) is 0 Å². The van der Waals surface area contributed by atoms with Crippen LogP contribution >= 0.6 is 0 Å². The highest BCUT2D eigenvalue weighted by Gasteiger charge is 2.39. The van der Waals surface area contributed by atoms with Crippen LogP contribution in [0.3, 0.4) is 0 Å². The van der Waals surface area contributed by atoms with Crippen LogP contribution in [-0.4, -0.2) is 38.2 Å². The van der Waals surface area contributed by atoms with Gasteiger partial charge in [-0.05, 0) is 24.3 Å². The van der Waals surface area contributed by atoms with Crippen LogP contribution in [0.25, 0.3) is 17.1 Å². The molecule has 3 aromatic rings. The molecule has 1 aromatic heterocycles. The highest BCUT2D eigenvalue weighted by atomic mass is 19.4. The second-order valence-corrected chi connectivity index (χ2v) is 6.33. The smallest absolute Gasteiger partial charge is 0.418 e. The number of benzene rings is 2. The van der Waals surface area contributed by atoms with Crippen LogP contribution in [0, 0.1) is 0 Å². The zero-order chi connectivity index (χ0) is 24.7. The molecule has 0 atom stereocenters. The standard InChI is InChI=1S/C18H12F6N4O5/c1-32-13-5-8(11(29)6-12(13)30)14-26-27-16(33-15(25)31)28(14)10-4-7(17(19,20)21)2-3-9(10)18(22,23)24/h2-6,29-30H,1H3,(H2,25,31). The lowest BCUT2D eigenvalue weighted by atomic mass is 10.1. The molecule has 0 aliphatic rings. The Morgan fingerprint density at radius 1 is 1.00 bits per heavy atom. The minimum absolute atomic E-state index is 0.137. The van der Waals surface area contributed by atoms with Gasteiger partial charge in [0.1, 0.15) is 5.75 Å². The van der Waals surface area contributed by atoms with Crippen LogP contribution < -0.4 is 15.2 Å². The van der Waals surface area contributed by atoms with Crippen molar-refractivity contribution in [1.29, 1.82) is 0 Å². The third-order valence-corrected chi connectivity index (χ3v) is 4.23. The van der Waals surface area contributed by atoms with Gasteiger partial charge >= 0.3 is 24.5 Å². The molecule has 9 nitrogen and oxygen atoms in total. The number of nitrogens with zero attached hydrogens (tertiary/aromatic N) is 3. The molecule has 33 heavy (non-hydrogen) atoms. The van der Waals surface area contributed by atoms with Gasteiger partial charge < -0.3 is 25.4 Å². The fourth-order valence-corrected chi connectivity index (χ4v) is 2.85. The van der Waals surface area contributed by atoms with E-state index in [1.807, 2.05) is 0 Å². The van der Waals surface area contributed by atoms with Gasteiger partial charge in [-0.2, -0.15) is 26.3 Å². The highest BCUT2D eigenvalue weighted by Crippen LogP contribution is 2.43. The van der Waals surface area contributed by atoms with Crippen molar-refractivity contribution in [2.45, 2.75) is 12.4 Å². The van der Waals surface area contributed by atoms with Crippen molar-refractivity contribution in [3.05, 3.63) is 41.5 Å². The van der Waals surface area contributed by atoms with Crippen LogP contribution in [-0.2, 0) is 12.4 Å². The average Bonchev–Trinajstić information content (AvgIpc) is 3.08. The molecule has 0 saturated heterocycles. The first-order valence-electron chi connectivity index (χ1n) is 8.56. The molecule has 4 N–H and O–H groups in total. The van der Waals surface area contributed by atoms with E-state index < -0.39 is 64.2 Å². The maximum atomic E-state index is 13.7. The number of carbonyl (C=O) groups is 1. The molecule has 1 heterocycles. The molecule has 0 bridgehead atoms. The lowest BCUT2D eigenvalue weighted by Gasteiger charge is -2.18. The van der Waals surface area contributed by atoms with E-state index in [0.29, 0.717) is 4.57 Å². The maximum Gasteiger partial charge on any atom is 0.418 e. The van der Waals surface area contributed by atoms with Gasteiger partial charge in [0, 0.05) is 6.07 Å². The van der Waals surface area contributed by atoms with Gasteiger partial charge in [0.15, 0.2) is 17.3 Å². The number of ether oxygens (including phenoxy) is 2. The highest BCUT2D eigenvalue weighted by molar-refractivity contribution is 5.73. The first kappa shape index (κ1) is 23.5. The molecule has 0 aliphatic heterocycles. The Hall–Kier alpha value is -4.17. The molecule has 3 rings (SSSR count). The summed E-state index contributed by atoms with van der Waals surface area (Å²) >= 11 is 0. The minimum atomic E-state index is -5.17. The number of methoxy groups -OCH3 is 1. The Labute approximate surface area is 179 Å². The van der Waals surface area contributed by atoms with Crippen molar-refractivity contribution >= 4 is 6.09 Å². The van der Waals surface area contributed by atoms with Gasteiger partial charge in [-0.1, -0.05) is 5.10 Å². The van der Waals surface area contributed by atoms with Crippen LogP contribution in [0.4, 0.5) is 31.1 Å². The SMILES string of the molecule is COc1cc(-c2nnc(OC(N)=O)n2-c2cc(C(F)(F)F)ccc2C(F)(F)F)c(O)cc1O. The molecule has 1 amide bonds. The van der Waals surface area contributed by atoms with E-state index in [4.69, 9.17) is 10.5 Å². The van der Waals surface area contributed by atoms with Crippen molar-refractivity contribution in [2.24, 2.45) is 5.73 Å². The lowest BCUT2D eigenvalue weighted by molar-refractivity contribution is -0.141. The third-order valence-electron chi connectivity index (χ3n) is 4.23. The summed E-state index contributed by atoms with van der Waals surface area (Å²) in [5.74, 6) is -2.27. The summed E-state index contributed by atoms with van der Waals surface area (Å²) in [6.45, 7) is 0. The predicted octanol–water partition coefficient (Wildman–Crippen LogP) is 3.85. The minimum Gasteiger partial charge on any atom is -0.507 e. The van der Waals surface area contributed by atoms with E-state index in [-0.39, 0.29) is 23.9 Å². The number of hydrogen-bond donors (Lipinski definition) is 3. The monoisotopic (exact) mass is 478 g/mol. The van der Waals surface area contributed by atoms with Crippen molar-refractivity contribution in [3.8, 4) is 40.3 Å². The van der Waals surface area contributed by atoms with E-state index >= 15 is 0 Å². The van der Waals surface area contributed by atoms with Gasteiger partial charge in [0.2, 0.25) is 0 Å². The zero-order valence-corrected chi connectivity index (χ0v) is 16.2. The topological polar surface area (TPSA) is 133 Å². The number of nitrogens with two attached hydrogens (primary N) is 1. The largest absolute Gasteiger partial charge is 0.507 e. The number of hydrogen-bond acceptors (Lipinski definition) is 7. The number of phenols is 2. The van der Waals surface area contributed by atoms with Crippen LogP contribution in [0.15, 0.2) is 30.3 Å². The Kier molecular flexibility index (Phi) is 5.74. The van der Waals surface area contributed by atoms with E-state index in [9.17, 15) is 41.4 Å². The number of carbonyl (C=O) groups excluding carboxylic acids is 1. The Balaban J connectivity index is 2.43. The predicted molar refractivity (Wildman–Crippen MR) is 96.9 cm³/mol. The molecule has 0 unspecified atom stereocenters. The molecule has 0 fully saturated rings. The number of phenolic OH excluding ortho intramolecular Hbond substituents is 2. The first-order chi connectivity index (χ1) is 15.2. The van der Waals surface area contributed by atoms with Crippen LogP contribution in [0.2, 0.25) is 0 Å². The van der Waals surface area contributed by atoms with Gasteiger partial charge in [-0.25, -0.2) is 9.36 Å². The Bertz CT molecular complexity index is 1220. The van der Waals surface area contributed by atoms with Gasteiger partial charge in [-0.15, -0.1) is 5.10 Å². The quantitative estimate of drug-likeness (QED) is 0.485. The van der Waals surface area contributed by atoms with Crippen LogP contribution in [0.1, 0.15) is 11.1 Å². The number of halogens is 6. The zero-order valence-electron chi connectivity index (χ0n) is 16.2. The third kappa shape index (κ3) is 4.56. The molecular formula is C18H12F6N4O5. The number of alkyl halides is 6. The first-order valence-corrected chi connectivity index (χ1v) is 8.56. The fourth-order valence-electron chi connectivity index (χ4n) is 2.85. The lowest BCUT2D eigenvalue weighted by Crippen LogP contribution is -2.20. The van der Waals surface area contributed by atoms with Crippen molar-refractivity contribution in [2.75, 3.05) is 7.11 Å². The molecular weight excluding hydrogens is 466 g/mol. The summed E-state index contributed by atoms with van der Waals surface area (Å²) in [5, 5.41) is 26.9. The maximum absolute atomic E-state index is 13.7. The number of primary amides is 1. The number of aromatic nitrogens is 3. The summed E-state index contributed by atoms with van der Waals surface area (Å²) in [6, 6.07) is 1.18. The van der Waals surface area contributed by atoms with Gasteiger partial charge in [0.05, 0.1) is 29.5 Å². The van der Waals surface area contributed by atoms with Crippen LogP contribution in [0.5, 0.6) is 23.3 Å². The van der Waals surface area contributed by atoms with E-state index in [2.05, 4.69) is 14.9 Å². The number of aromatic hydroxyl groups is 2. The van der Waals surface area contributed by atoms with E-state index in [1.165, 1.54) is 0 Å². The number of amides is 1. The Morgan fingerprint density at radius 3 is 2.21 bits per heavy atom. The number of rotatable bonds is 4. The molecule has 0 saturated carbocycles. The summed E-state index contributed by atoms with van der Waals surface area (Å²) < 4.78 is 90.6. The summed E-state index contributed by atoms with van der Waals surface area (Å²) in [7, 11) is 1.12. The average molecular weight is 478 g/mol. The molecule has 176 valence electrons. The summed E-state index contributed by atoms with van der Waals surface area (Å²) in [6.07, 6.45) is -11.8. The summed E-state index contributed by atoms with van der Waals surface area (Å²) in [4.78, 5) is 11.2.